The van der Waals surface area contributed by atoms with Crippen LogP contribution in [0, 0.1) is 5.41 Å². The predicted octanol–water partition coefficient (Wildman–Crippen LogP) is 6.22. The Hall–Kier alpha value is -1.46. The van der Waals surface area contributed by atoms with Gasteiger partial charge in [-0.15, -0.1) is 0 Å². The van der Waals surface area contributed by atoms with Crippen LogP contribution in [-0.2, 0) is 13.1 Å². The molecule has 0 radical (unpaired) electrons. The summed E-state index contributed by atoms with van der Waals surface area (Å²) >= 11 is 8.05. The maximum absolute atomic E-state index is 6.44. The fourth-order valence-electron chi connectivity index (χ4n) is 3.25. The molecule has 27 heavy (non-hydrogen) atoms. The van der Waals surface area contributed by atoms with Gasteiger partial charge in [-0.25, -0.2) is 9.03 Å². The number of fused-ring (bicyclic) bond motifs is 1. The molecule has 1 N–H and O–H groups in total. The highest BCUT2D eigenvalue weighted by Gasteiger charge is 2.16. The molecular weight excluding hydrogens is 374 g/mol. The van der Waals surface area contributed by atoms with E-state index in [9.17, 15) is 0 Å². The zero-order chi connectivity index (χ0) is 19.6. The second-order valence-corrected chi connectivity index (χ2v) is 9.89. The summed E-state index contributed by atoms with van der Waals surface area (Å²) in [6.45, 7) is 8.61. The first-order chi connectivity index (χ1) is 12.7. The highest BCUT2D eigenvalue weighted by Crippen LogP contribution is 2.33. The van der Waals surface area contributed by atoms with Gasteiger partial charge in [-0.05, 0) is 42.8 Å². The van der Waals surface area contributed by atoms with E-state index in [0.29, 0.717) is 0 Å². The summed E-state index contributed by atoms with van der Waals surface area (Å²) in [5, 5.41) is 2.08. The molecule has 0 fully saturated rings. The summed E-state index contributed by atoms with van der Waals surface area (Å²) in [5.41, 5.74) is 5.01. The molecule has 1 heterocycles. The zero-order valence-corrected chi connectivity index (χ0v) is 18.3. The summed E-state index contributed by atoms with van der Waals surface area (Å²) in [7, 11) is 4.08. The lowest BCUT2D eigenvalue weighted by atomic mass is 9.97. The summed E-state index contributed by atoms with van der Waals surface area (Å²) in [5.74, 6) is 0. The van der Waals surface area contributed by atoms with E-state index in [4.69, 9.17) is 11.6 Å². The van der Waals surface area contributed by atoms with Crippen LogP contribution in [0.2, 0.25) is 5.02 Å². The molecule has 1 aromatic heterocycles. The van der Waals surface area contributed by atoms with Gasteiger partial charge in [0.05, 0.1) is 0 Å². The van der Waals surface area contributed by atoms with Gasteiger partial charge in [0.25, 0.3) is 0 Å². The average molecular weight is 402 g/mol. The van der Waals surface area contributed by atoms with Gasteiger partial charge in [0.15, 0.2) is 0 Å². The van der Waals surface area contributed by atoms with E-state index in [0.717, 1.165) is 29.2 Å². The average Bonchev–Trinajstić information content (AvgIpc) is 2.90. The molecule has 0 saturated carbocycles. The topological polar surface area (TPSA) is 20.2 Å². The Kier molecular flexibility index (Phi) is 6.21. The van der Waals surface area contributed by atoms with Crippen molar-refractivity contribution in [3.05, 3.63) is 59.2 Å². The number of benzene rings is 2. The smallest absolute Gasteiger partial charge is 0.0490 e. The van der Waals surface area contributed by atoms with Crippen LogP contribution in [0.3, 0.4) is 0 Å². The van der Waals surface area contributed by atoms with E-state index in [1.54, 1.807) is 12.1 Å². The van der Waals surface area contributed by atoms with Crippen molar-refractivity contribution in [2.75, 3.05) is 14.1 Å². The molecule has 3 aromatic rings. The fraction of sp³-hybridized carbons (Fsp3) is 0.364. The minimum Gasteiger partial charge on any atom is -0.347 e. The molecule has 0 spiro atoms. The lowest BCUT2D eigenvalue weighted by Gasteiger charge is -2.20. The number of hydrogen-bond acceptors (Lipinski definition) is 3. The lowest BCUT2D eigenvalue weighted by Crippen LogP contribution is -2.15. The van der Waals surface area contributed by atoms with E-state index in [1.165, 1.54) is 16.5 Å². The standard InChI is InChI=1S/C22H28ClN3S/c1-22(2,3)15-26-14-17(13-24-27-25(4)5)19-11-10-16(12-21(19)26)18-8-6-7-9-20(18)23/h6-12,14,24H,13,15H2,1-5H3. The Morgan fingerprint density at radius 3 is 2.52 bits per heavy atom. The van der Waals surface area contributed by atoms with Crippen LogP contribution in [0.4, 0.5) is 0 Å². The number of rotatable bonds is 6. The van der Waals surface area contributed by atoms with Crippen molar-refractivity contribution >= 4 is 34.6 Å². The van der Waals surface area contributed by atoms with Crippen molar-refractivity contribution in [2.45, 2.75) is 33.9 Å². The molecule has 3 rings (SSSR count). The third-order valence-corrected chi connectivity index (χ3v) is 5.27. The second-order valence-electron chi connectivity index (χ2n) is 8.28. The van der Waals surface area contributed by atoms with Gasteiger partial charge < -0.3 is 4.57 Å². The normalized spacial score (nSPS) is 12.3. The van der Waals surface area contributed by atoms with E-state index in [-0.39, 0.29) is 5.41 Å². The summed E-state index contributed by atoms with van der Waals surface area (Å²) < 4.78 is 7.87. The summed E-state index contributed by atoms with van der Waals surface area (Å²) in [4.78, 5) is 0. The number of nitrogens with one attached hydrogen (secondary N) is 1. The minimum absolute atomic E-state index is 0.204. The molecule has 0 aliphatic rings. The second kappa shape index (κ2) is 8.27. The Morgan fingerprint density at radius 1 is 1.11 bits per heavy atom. The molecule has 3 nitrogen and oxygen atoms in total. The van der Waals surface area contributed by atoms with Gasteiger partial charge in [0, 0.05) is 52.9 Å². The first-order valence-electron chi connectivity index (χ1n) is 9.18. The third-order valence-electron chi connectivity index (χ3n) is 4.30. The van der Waals surface area contributed by atoms with Crippen molar-refractivity contribution in [1.29, 1.82) is 0 Å². The van der Waals surface area contributed by atoms with Gasteiger partial charge >= 0.3 is 0 Å². The molecule has 0 saturated heterocycles. The number of halogens is 1. The van der Waals surface area contributed by atoms with Crippen molar-refractivity contribution in [3.8, 4) is 11.1 Å². The summed E-state index contributed by atoms with van der Waals surface area (Å²) in [6, 6.07) is 14.7. The Morgan fingerprint density at radius 2 is 1.85 bits per heavy atom. The lowest BCUT2D eigenvalue weighted by molar-refractivity contribution is 0.349. The van der Waals surface area contributed by atoms with Crippen LogP contribution in [0.5, 0.6) is 0 Å². The Labute approximate surface area is 172 Å². The van der Waals surface area contributed by atoms with Gasteiger partial charge in [-0.1, -0.05) is 62.7 Å². The van der Waals surface area contributed by atoms with Gasteiger partial charge in [0.2, 0.25) is 0 Å². The van der Waals surface area contributed by atoms with Crippen molar-refractivity contribution in [1.82, 2.24) is 13.6 Å². The van der Waals surface area contributed by atoms with E-state index < -0.39 is 0 Å². The number of hydrogen-bond donors (Lipinski definition) is 1. The maximum atomic E-state index is 6.44. The van der Waals surface area contributed by atoms with Gasteiger partial charge in [-0.3, -0.25) is 0 Å². The van der Waals surface area contributed by atoms with Crippen LogP contribution in [0.1, 0.15) is 26.3 Å². The van der Waals surface area contributed by atoms with Crippen molar-refractivity contribution < 1.29 is 0 Å². The molecule has 0 amide bonds. The van der Waals surface area contributed by atoms with E-state index >= 15 is 0 Å². The van der Waals surface area contributed by atoms with Crippen LogP contribution in [-0.4, -0.2) is 23.0 Å². The number of aromatic nitrogens is 1. The van der Waals surface area contributed by atoms with Crippen molar-refractivity contribution in [3.63, 3.8) is 0 Å². The quantitative estimate of drug-likeness (QED) is 0.495. The zero-order valence-electron chi connectivity index (χ0n) is 16.7. The van der Waals surface area contributed by atoms with Gasteiger partial charge in [-0.2, -0.15) is 0 Å². The van der Waals surface area contributed by atoms with Crippen molar-refractivity contribution in [2.24, 2.45) is 5.41 Å². The summed E-state index contributed by atoms with van der Waals surface area (Å²) in [6.07, 6.45) is 2.29. The van der Waals surface area contributed by atoms with Crippen LogP contribution in [0.15, 0.2) is 48.7 Å². The number of nitrogens with zero attached hydrogens (tertiary/aromatic N) is 2. The van der Waals surface area contributed by atoms with Gasteiger partial charge in [0.1, 0.15) is 0 Å². The minimum atomic E-state index is 0.204. The van der Waals surface area contributed by atoms with E-state index in [1.807, 2.05) is 32.3 Å². The molecule has 0 aliphatic carbocycles. The van der Waals surface area contributed by atoms with Crippen LogP contribution in [0.25, 0.3) is 22.0 Å². The first-order valence-corrected chi connectivity index (χ1v) is 10.3. The molecule has 0 bridgehead atoms. The molecule has 2 aromatic carbocycles. The fourth-order valence-corrected chi connectivity index (χ4v) is 3.98. The van der Waals surface area contributed by atoms with E-state index in [2.05, 4.69) is 64.8 Å². The molecule has 144 valence electrons. The molecule has 0 atom stereocenters. The Bertz CT molecular complexity index is 925. The third kappa shape index (κ3) is 5.08. The Balaban J connectivity index is 2.04. The largest absolute Gasteiger partial charge is 0.347 e. The maximum Gasteiger partial charge on any atom is 0.0490 e. The molecule has 0 unspecified atom stereocenters. The monoisotopic (exact) mass is 401 g/mol. The molecule has 0 aliphatic heterocycles. The first kappa shape index (κ1) is 20.3. The van der Waals surface area contributed by atoms with Crippen LogP contribution >= 0.6 is 23.7 Å². The molecule has 5 heteroatoms. The predicted molar refractivity (Wildman–Crippen MR) is 120 cm³/mol. The van der Waals surface area contributed by atoms with Crippen LogP contribution < -0.4 is 4.72 Å². The highest BCUT2D eigenvalue weighted by molar-refractivity contribution is 7.95. The SMILES string of the molecule is CN(C)SNCc1cn(CC(C)(C)C)c2cc(-c3ccccc3Cl)ccc12. The molecular formula is C22H28ClN3S. The highest BCUT2D eigenvalue weighted by atomic mass is 35.5.